The molecule has 2 aliphatic rings. The minimum atomic E-state index is -0.413. The summed E-state index contributed by atoms with van der Waals surface area (Å²) in [5.41, 5.74) is -0.413. The van der Waals surface area contributed by atoms with Gasteiger partial charge in [-0.15, -0.1) is 0 Å². The summed E-state index contributed by atoms with van der Waals surface area (Å²) in [6, 6.07) is -0.117. The SMILES string of the molecule is CCCN1C(=O)NC(=N)C12CCCOCC2. The summed E-state index contributed by atoms with van der Waals surface area (Å²) in [4.78, 5) is 13.6. The molecule has 5 nitrogen and oxygen atoms in total. The number of amidine groups is 1. The quantitative estimate of drug-likeness (QED) is 0.744. The molecule has 0 radical (unpaired) electrons. The number of amides is 2. The molecule has 2 N–H and O–H groups in total. The molecular weight excluding hydrogens is 206 g/mol. The van der Waals surface area contributed by atoms with Gasteiger partial charge >= 0.3 is 6.03 Å². The molecule has 2 fully saturated rings. The van der Waals surface area contributed by atoms with E-state index in [1.54, 1.807) is 0 Å². The fourth-order valence-electron chi connectivity index (χ4n) is 2.61. The van der Waals surface area contributed by atoms with E-state index >= 15 is 0 Å². The number of nitrogens with zero attached hydrogens (tertiary/aromatic N) is 1. The molecule has 16 heavy (non-hydrogen) atoms. The molecule has 5 heteroatoms. The zero-order valence-corrected chi connectivity index (χ0v) is 9.71. The zero-order chi connectivity index (χ0) is 11.6. The molecule has 0 aromatic heterocycles. The van der Waals surface area contributed by atoms with Crippen molar-refractivity contribution < 1.29 is 9.53 Å². The van der Waals surface area contributed by atoms with Gasteiger partial charge in [0.1, 0.15) is 11.4 Å². The summed E-state index contributed by atoms with van der Waals surface area (Å²) >= 11 is 0. The second kappa shape index (κ2) is 4.41. The summed E-state index contributed by atoms with van der Waals surface area (Å²) in [6.07, 6.45) is 3.41. The van der Waals surface area contributed by atoms with Crippen LogP contribution in [0.1, 0.15) is 32.6 Å². The second-order valence-corrected chi connectivity index (χ2v) is 4.45. The number of carbonyl (C=O) groups is 1. The largest absolute Gasteiger partial charge is 0.381 e. The maximum atomic E-state index is 11.8. The van der Waals surface area contributed by atoms with Gasteiger partial charge in [-0.3, -0.25) is 10.7 Å². The molecule has 2 aliphatic heterocycles. The zero-order valence-electron chi connectivity index (χ0n) is 9.71. The van der Waals surface area contributed by atoms with Gasteiger partial charge in [-0.25, -0.2) is 4.79 Å². The lowest BCUT2D eigenvalue weighted by Crippen LogP contribution is -2.50. The van der Waals surface area contributed by atoms with Crippen molar-refractivity contribution in [2.24, 2.45) is 0 Å². The van der Waals surface area contributed by atoms with E-state index in [2.05, 4.69) is 12.2 Å². The Balaban J connectivity index is 2.25. The van der Waals surface area contributed by atoms with E-state index in [4.69, 9.17) is 10.1 Å². The Morgan fingerprint density at radius 3 is 3.06 bits per heavy atom. The van der Waals surface area contributed by atoms with Crippen LogP contribution in [-0.4, -0.2) is 42.1 Å². The van der Waals surface area contributed by atoms with Gasteiger partial charge in [0.15, 0.2) is 0 Å². The highest BCUT2D eigenvalue weighted by molar-refractivity contribution is 6.08. The molecule has 2 saturated heterocycles. The van der Waals surface area contributed by atoms with Gasteiger partial charge in [0.25, 0.3) is 0 Å². The first-order valence-electron chi connectivity index (χ1n) is 5.96. The molecule has 0 aromatic carbocycles. The predicted octanol–water partition coefficient (Wildman–Crippen LogP) is 1.34. The van der Waals surface area contributed by atoms with E-state index in [0.29, 0.717) is 19.0 Å². The molecule has 0 aromatic rings. The van der Waals surface area contributed by atoms with Crippen LogP contribution >= 0.6 is 0 Å². The molecule has 1 atom stereocenters. The molecular formula is C11H19N3O2. The molecule has 1 unspecified atom stereocenters. The van der Waals surface area contributed by atoms with Crippen LogP contribution in [0.2, 0.25) is 0 Å². The van der Waals surface area contributed by atoms with Crippen LogP contribution < -0.4 is 5.32 Å². The number of nitrogens with one attached hydrogen (secondary N) is 2. The van der Waals surface area contributed by atoms with Gasteiger partial charge in [0.05, 0.1) is 0 Å². The molecule has 0 bridgehead atoms. The lowest BCUT2D eigenvalue weighted by atomic mass is 9.88. The third-order valence-electron chi connectivity index (χ3n) is 3.45. The average Bonchev–Trinajstić information content (AvgIpc) is 2.49. The van der Waals surface area contributed by atoms with Crippen molar-refractivity contribution in [3.05, 3.63) is 0 Å². The van der Waals surface area contributed by atoms with Gasteiger partial charge in [-0.05, 0) is 19.3 Å². The maximum Gasteiger partial charge on any atom is 0.323 e. The number of ether oxygens (including phenoxy) is 1. The van der Waals surface area contributed by atoms with Crippen LogP contribution in [0.5, 0.6) is 0 Å². The Morgan fingerprint density at radius 1 is 1.50 bits per heavy atom. The fourth-order valence-corrected chi connectivity index (χ4v) is 2.61. The molecule has 90 valence electrons. The Morgan fingerprint density at radius 2 is 2.31 bits per heavy atom. The van der Waals surface area contributed by atoms with Crippen LogP contribution in [0.15, 0.2) is 0 Å². The highest BCUT2D eigenvalue weighted by atomic mass is 16.5. The first-order chi connectivity index (χ1) is 7.70. The topological polar surface area (TPSA) is 65.4 Å². The van der Waals surface area contributed by atoms with E-state index in [1.165, 1.54) is 0 Å². The lowest BCUT2D eigenvalue weighted by Gasteiger charge is -2.35. The van der Waals surface area contributed by atoms with Crippen LogP contribution in [0.3, 0.4) is 0 Å². The standard InChI is InChI=1S/C11H19N3O2/c1-2-6-14-10(15)13-9(12)11(14)4-3-7-16-8-5-11/h2-8H2,1H3,(H2,12,13,15). The first-order valence-corrected chi connectivity index (χ1v) is 5.96. The van der Waals surface area contributed by atoms with E-state index in [9.17, 15) is 4.79 Å². The van der Waals surface area contributed by atoms with Gasteiger partial charge in [0.2, 0.25) is 0 Å². The van der Waals surface area contributed by atoms with E-state index in [1.807, 2.05) is 4.90 Å². The Labute approximate surface area is 95.6 Å². The first kappa shape index (κ1) is 11.4. The normalized spacial score (nSPS) is 30.7. The highest BCUT2D eigenvalue weighted by Gasteiger charge is 2.49. The van der Waals surface area contributed by atoms with Crippen molar-refractivity contribution in [2.75, 3.05) is 19.8 Å². The van der Waals surface area contributed by atoms with Crippen molar-refractivity contribution in [1.82, 2.24) is 10.2 Å². The number of urea groups is 1. The van der Waals surface area contributed by atoms with E-state index in [-0.39, 0.29) is 6.03 Å². The minimum absolute atomic E-state index is 0.117. The van der Waals surface area contributed by atoms with Crippen LogP contribution in [0, 0.1) is 5.41 Å². The molecule has 2 heterocycles. The van der Waals surface area contributed by atoms with Crippen molar-refractivity contribution in [2.45, 2.75) is 38.1 Å². The summed E-state index contributed by atoms with van der Waals surface area (Å²) in [7, 11) is 0. The van der Waals surface area contributed by atoms with Gasteiger partial charge in [-0.1, -0.05) is 6.92 Å². The smallest absolute Gasteiger partial charge is 0.323 e. The average molecular weight is 225 g/mol. The Kier molecular flexibility index (Phi) is 3.14. The monoisotopic (exact) mass is 225 g/mol. The Bertz CT molecular complexity index is 296. The van der Waals surface area contributed by atoms with Crippen molar-refractivity contribution in [1.29, 1.82) is 5.41 Å². The molecule has 0 saturated carbocycles. The van der Waals surface area contributed by atoms with Crippen LogP contribution in [-0.2, 0) is 4.74 Å². The molecule has 2 rings (SSSR count). The fraction of sp³-hybridized carbons (Fsp3) is 0.818. The van der Waals surface area contributed by atoms with Crippen LogP contribution in [0.25, 0.3) is 0 Å². The second-order valence-electron chi connectivity index (χ2n) is 4.45. The summed E-state index contributed by atoms with van der Waals surface area (Å²) in [6.45, 7) is 4.14. The molecule has 2 amide bonds. The summed E-state index contributed by atoms with van der Waals surface area (Å²) in [5.74, 6) is 0.358. The minimum Gasteiger partial charge on any atom is -0.381 e. The van der Waals surface area contributed by atoms with Gasteiger partial charge in [-0.2, -0.15) is 0 Å². The van der Waals surface area contributed by atoms with E-state index < -0.39 is 5.54 Å². The number of hydrogen-bond acceptors (Lipinski definition) is 3. The molecule has 1 spiro atoms. The molecule has 0 aliphatic carbocycles. The third-order valence-corrected chi connectivity index (χ3v) is 3.45. The summed E-state index contributed by atoms with van der Waals surface area (Å²) in [5, 5.41) is 10.7. The predicted molar refractivity (Wildman–Crippen MR) is 60.7 cm³/mol. The maximum absolute atomic E-state index is 11.8. The van der Waals surface area contributed by atoms with Crippen LogP contribution in [0.4, 0.5) is 4.79 Å². The summed E-state index contributed by atoms with van der Waals surface area (Å²) < 4.78 is 5.43. The van der Waals surface area contributed by atoms with Crippen molar-refractivity contribution >= 4 is 11.9 Å². The van der Waals surface area contributed by atoms with Gasteiger partial charge in [0, 0.05) is 26.2 Å². The number of hydrogen-bond donors (Lipinski definition) is 2. The van der Waals surface area contributed by atoms with Crippen molar-refractivity contribution in [3.63, 3.8) is 0 Å². The lowest BCUT2D eigenvalue weighted by molar-refractivity contribution is 0.126. The number of rotatable bonds is 2. The van der Waals surface area contributed by atoms with Crippen molar-refractivity contribution in [3.8, 4) is 0 Å². The Hall–Kier alpha value is -1.10. The van der Waals surface area contributed by atoms with E-state index in [0.717, 1.165) is 32.3 Å². The highest BCUT2D eigenvalue weighted by Crippen LogP contribution is 2.32. The number of carbonyl (C=O) groups excluding carboxylic acids is 1. The third kappa shape index (κ3) is 1.69. The van der Waals surface area contributed by atoms with Gasteiger partial charge < -0.3 is 9.64 Å².